The van der Waals surface area contributed by atoms with Crippen LogP contribution in [0.15, 0.2) is 24.3 Å². The van der Waals surface area contributed by atoms with Crippen molar-refractivity contribution in [3.63, 3.8) is 0 Å². The maximum Gasteiger partial charge on any atom is 0.312 e. The third-order valence-electron chi connectivity index (χ3n) is 3.63. The second-order valence-corrected chi connectivity index (χ2v) is 4.65. The fraction of sp³-hybridized carbons (Fsp3) is 0.500. The maximum atomic E-state index is 11.8. The van der Waals surface area contributed by atoms with Gasteiger partial charge in [0.1, 0.15) is 5.75 Å². The molecule has 1 aliphatic carbocycles. The fourth-order valence-electron chi connectivity index (χ4n) is 2.41. The van der Waals surface area contributed by atoms with Crippen LogP contribution in [0.3, 0.4) is 0 Å². The summed E-state index contributed by atoms with van der Waals surface area (Å²) in [5.74, 6) is 0.772. The van der Waals surface area contributed by atoms with Crippen LogP contribution in [-0.4, -0.2) is 20.2 Å². The minimum atomic E-state index is -0.274. The number of carbonyl (C=O) groups is 1. The van der Waals surface area contributed by atoms with E-state index in [1.807, 2.05) is 24.3 Å². The summed E-state index contributed by atoms with van der Waals surface area (Å²) in [4.78, 5) is 11.8. The van der Waals surface area contributed by atoms with Crippen LogP contribution in [-0.2, 0) is 16.0 Å². The highest BCUT2D eigenvalue weighted by atomic mass is 16.5. The molecule has 0 unspecified atom stereocenters. The molecule has 1 aromatic rings. The number of hydrogen-bond donors (Lipinski definition) is 0. The van der Waals surface area contributed by atoms with Gasteiger partial charge in [-0.15, -0.1) is 0 Å². The first-order chi connectivity index (χ1) is 8.20. The Morgan fingerprint density at radius 1 is 1.24 bits per heavy atom. The molecule has 0 aliphatic heterocycles. The number of hydrogen-bond acceptors (Lipinski definition) is 3. The van der Waals surface area contributed by atoms with Crippen LogP contribution < -0.4 is 4.74 Å². The van der Waals surface area contributed by atoms with E-state index < -0.39 is 0 Å². The normalized spacial score (nSPS) is 17.1. The predicted molar refractivity (Wildman–Crippen MR) is 65.0 cm³/mol. The molecule has 0 amide bonds. The van der Waals surface area contributed by atoms with E-state index >= 15 is 0 Å². The van der Waals surface area contributed by atoms with Crippen molar-refractivity contribution in [1.82, 2.24) is 0 Å². The first-order valence-corrected chi connectivity index (χ1v) is 5.91. The second kappa shape index (κ2) is 4.78. The van der Waals surface area contributed by atoms with Crippen LogP contribution in [0.2, 0.25) is 0 Å². The zero-order valence-electron chi connectivity index (χ0n) is 10.4. The summed E-state index contributed by atoms with van der Waals surface area (Å²) in [5.41, 5.74) is 0.888. The van der Waals surface area contributed by atoms with Gasteiger partial charge >= 0.3 is 5.97 Å². The van der Waals surface area contributed by atoms with E-state index in [9.17, 15) is 4.79 Å². The summed E-state index contributed by atoms with van der Waals surface area (Å²) in [5, 5.41) is 0. The molecule has 0 atom stereocenters. The van der Waals surface area contributed by atoms with Crippen molar-refractivity contribution < 1.29 is 14.3 Å². The molecule has 1 aromatic carbocycles. The highest BCUT2D eigenvalue weighted by Gasteiger charge is 2.45. The van der Waals surface area contributed by atoms with Crippen LogP contribution in [0.1, 0.15) is 24.8 Å². The van der Waals surface area contributed by atoms with E-state index in [4.69, 9.17) is 9.47 Å². The summed E-state index contributed by atoms with van der Waals surface area (Å²) in [6.45, 7) is 0. The number of rotatable bonds is 4. The van der Waals surface area contributed by atoms with Crippen molar-refractivity contribution in [2.24, 2.45) is 5.41 Å². The standard InChI is InChI=1S/C14H18O3/c1-16-12-6-4-11(5-7-12)10-14(8-3-9-14)13(15)17-2/h4-7H,3,8-10H2,1-2H3. The molecule has 1 fully saturated rings. The topological polar surface area (TPSA) is 35.5 Å². The zero-order chi connectivity index (χ0) is 12.3. The van der Waals surface area contributed by atoms with Crippen molar-refractivity contribution in [2.45, 2.75) is 25.7 Å². The zero-order valence-corrected chi connectivity index (χ0v) is 10.4. The van der Waals surface area contributed by atoms with Crippen LogP contribution >= 0.6 is 0 Å². The predicted octanol–water partition coefficient (Wildman–Crippen LogP) is 2.58. The Morgan fingerprint density at radius 3 is 2.29 bits per heavy atom. The second-order valence-electron chi connectivity index (χ2n) is 4.65. The third-order valence-corrected chi connectivity index (χ3v) is 3.63. The summed E-state index contributed by atoms with van der Waals surface area (Å²) in [6.07, 6.45) is 3.76. The number of methoxy groups -OCH3 is 2. The highest BCUT2D eigenvalue weighted by Crippen LogP contribution is 2.44. The smallest absolute Gasteiger partial charge is 0.312 e. The van der Waals surface area contributed by atoms with Crippen molar-refractivity contribution in [3.8, 4) is 5.75 Å². The molecule has 0 N–H and O–H groups in total. The van der Waals surface area contributed by atoms with E-state index in [1.54, 1.807) is 7.11 Å². The van der Waals surface area contributed by atoms with E-state index in [1.165, 1.54) is 7.11 Å². The first-order valence-electron chi connectivity index (χ1n) is 5.91. The Balaban J connectivity index is 2.10. The van der Waals surface area contributed by atoms with Crippen LogP contribution in [0, 0.1) is 5.41 Å². The quantitative estimate of drug-likeness (QED) is 0.751. The van der Waals surface area contributed by atoms with Crippen molar-refractivity contribution in [3.05, 3.63) is 29.8 Å². The van der Waals surface area contributed by atoms with E-state index in [0.717, 1.165) is 37.0 Å². The van der Waals surface area contributed by atoms with E-state index in [0.29, 0.717) is 0 Å². The molecule has 0 radical (unpaired) electrons. The summed E-state index contributed by atoms with van der Waals surface area (Å²) in [6, 6.07) is 7.89. The van der Waals surface area contributed by atoms with Gasteiger partial charge in [0.2, 0.25) is 0 Å². The molecule has 17 heavy (non-hydrogen) atoms. The lowest BCUT2D eigenvalue weighted by Gasteiger charge is -2.39. The van der Waals surface area contributed by atoms with Gasteiger partial charge in [-0.1, -0.05) is 18.6 Å². The molecule has 0 heterocycles. The molecule has 1 aliphatic rings. The average molecular weight is 234 g/mol. The Kier molecular flexibility index (Phi) is 3.36. The van der Waals surface area contributed by atoms with E-state index in [2.05, 4.69) is 0 Å². The Morgan fingerprint density at radius 2 is 1.88 bits per heavy atom. The van der Waals surface area contributed by atoms with Gasteiger partial charge in [-0.3, -0.25) is 4.79 Å². The SMILES string of the molecule is COC(=O)C1(Cc2ccc(OC)cc2)CCC1. The van der Waals surface area contributed by atoms with Crippen LogP contribution in [0.5, 0.6) is 5.75 Å². The van der Waals surface area contributed by atoms with Gasteiger partial charge < -0.3 is 9.47 Å². The highest BCUT2D eigenvalue weighted by molar-refractivity contribution is 5.78. The van der Waals surface area contributed by atoms with Gasteiger partial charge in [-0.2, -0.15) is 0 Å². The molecule has 92 valence electrons. The number of benzene rings is 1. The molecule has 0 spiro atoms. The van der Waals surface area contributed by atoms with Gasteiger partial charge in [-0.25, -0.2) is 0 Å². The van der Waals surface area contributed by atoms with Gasteiger partial charge in [-0.05, 0) is 37.0 Å². The summed E-state index contributed by atoms with van der Waals surface area (Å²) >= 11 is 0. The van der Waals surface area contributed by atoms with Crippen molar-refractivity contribution >= 4 is 5.97 Å². The summed E-state index contributed by atoms with van der Waals surface area (Å²) in [7, 11) is 3.12. The van der Waals surface area contributed by atoms with E-state index in [-0.39, 0.29) is 11.4 Å². The maximum absolute atomic E-state index is 11.8. The molecule has 2 rings (SSSR count). The number of esters is 1. The molecular weight excluding hydrogens is 216 g/mol. The van der Waals surface area contributed by atoms with Gasteiger partial charge in [0.05, 0.1) is 19.6 Å². The Labute approximate surface area is 102 Å². The average Bonchev–Trinajstić information content (AvgIpc) is 2.33. The number of ether oxygens (including phenoxy) is 2. The molecular formula is C14H18O3. The van der Waals surface area contributed by atoms with Gasteiger partial charge in [0.15, 0.2) is 0 Å². The van der Waals surface area contributed by atoms with Crippen molar-refractivity contribution in [2.75, 3.05) is 14.2 Å². The van der Waals surface area contributed by atoms with Gasteiger partial charge in [0.25, 0.3) is 0 Å². The van der Waals surface area contributed by atoms with Gasteiger partial charge in [0, 0.05) is 0 Å². The van der Waals surface area contributed by atoms with Crippen LogP contribution in [0.4, 0.5) is 0 Å². The third kappa shape index (κ3) is 2.28. The molecule has 1 saturated carbocycles. The Bertz CT molecular complexity index is 390. The fourth-order valence-corrected chi connectivity index (χ4v) is 2.41. The van der Waals surface area contributed by atoms with Crippen molar-refractivity contribution in [1.29, 1.82) is 0 Å². The molecule has 3 nitrogen and oxygen atoms in total. The van der Waals surface area contributed by atoms with Crippen LogP contribution in [0.25, 0.3) is 0 Å². The molecule has 3 heteroatoms. The molecule has 0 saturated heterocycles. The minimum absolute atomic E-state index is 0.0698. The largest absolute Gasteiger partial charge is 0.497 e. The number of carbonyl (C=O) groups excluding carboxylic acids is 1. The summed E-state index contributed by atoms with van der Waals surface area (Å²) < 4.78 is 10.0. The monoisotopic (exact) mass is 234 g/mol. The minimum Gasteiger partial charge on any atom is -0.497 e. The Hall–Kier alpha value is -1.51. The lowest BCUT2D eigenvalue weighted by molar-refractivity contribution is -0.158. The lowest BCUT2D eigenvalue weighted by Crippen LogP contribution is -2.40. The lowest BCUT2D eigenvalue weighted by atomic mass is 9.65. The first kappa shape index (κ1) is 12.0. The molecule has 0 bridgehead atoms. The molecule has 0 aromatic heterocycles.